The summed E-state index contributed by atoms with van der Waals surface area (Å²) in [5.41, 5.74) is 4.99. The minimum absolute atomic E-state index is 0.0921. The number of pyridine rings is 1. The van der Waals surface area contributed by atoms with Crippen molar-refractivity contribution in [2.75, 3.05) is 13.2 Å². The normalized spacial score (nSPS) is 20.1. The van der Waals surface area contributed by atoms with E-state index in [0.29, 0.717) is 17.9 Å². The fourth-order valence-electron chi connectivity index (χ4n) is 4.86. The smallest absolute Gasteiger partial charge is 0.252 e. The number of aryl methyl sites for hydroxylation is 2. The third-order valence-electron chi connectivity index (χ3n) is 7.30. The second-order valence-corrected chi connectivity index (χ2v) is 11.0. The van der Waals surface area contributed by atoms with Crippen LogP contribution in [0.4, 0.5) is 0 Å². The molecule has 4 aromatic rings. The zero-order chi connectivity index (χ0) is 24.9. The number of hydrogen-bond donors (Lipinski definition) is 2. The monoisotopic (exact) mass is 494 g/mol. The summed E-state index contributed by atoms with van der Waals surface area (Å²) >= 11 is 0. The van der Waals surface area contributed by atoms with Crippen LogP contribution in [0.1, 0.15) is 40.7 Å². The lowest BCUT2D eigenvalue weighted by molar-refractivity contribution is 0.0930. The maximum Gasteiger partial charge on any atom is 0.252 e. The van der Waals surface area contributed by atoms with Crippen LogP contribution < -0.4 is 15.4 Å². The van der Waals surface area contributed by atoms with Crippen LogP contribution in [0.5, 0.6) is 5.75 Å². The first-order valence-electron chi connectivity index (χ1n) is 12.3. The van der Waals surface area contributed by atoms with Gasteiger partial charge in [0.15, 0.2) is 0 Å². The van der Waals surface area contributed by atoms with E-state index in [9.17, 15) is 4.79 Å². The SMILES string of the molecule is Cc1ccc(OCC2([Si])CCN2)cc1C(=O)NC1(c2cc(-c3ccn(C)n3)cc3ncccc23)CC1. The molecule has 7 nitrogen and oxygen atoms in total. The van der Waals surface area contributed by atoms with Crippen molar-refractivity contribution >= 4 is 27.1 Å². The molecule has 8 heteroatoms. The van der Waals surface area contributed by atoms with Gasteiger partial charge in [0, 0.05) is 41.1 Å². The average Bonchev–Trinajstić information content (AvgIpc) is 3.51. The molecule has 1 aliphatic heterocycles. The molecule has 2 aliphatic rings. The predicted molar refractivity (Wildman–Crippen MR) is 140 cm³/mol. The minimum atomic E-state index is -0.429. The summed E-state index contributed by atoms with van der Waals surface area (Å²) in [5.74, 6) is 0.597. The Balaban J connectivity index is 1.31. The highest BCUT2D eigenvalue weighted by molar-refractivity contribution is 6.16. The first kappa shape index (κ1) is 22.9. The summed E-state index contributed by atoms with van der Waals surface area (Å²) in [6.45, 7) is 3.43. The molecule has 3 heterocycles. The number of nitrogens with zero attached hydrogens (tertiary/aromatic N) is 3. The van der Waals surface area contributed by atoms with Gasteiger partial charge in [0.25, 0.3) is 5.91 Å². The minimum Gasteiger partial charge on any atom is -0.492 e. The van der Waals surface area contributed by atoms with E-state index in [2.05, 4.69) is 49.2 Å². The van der Waals surface area contributed by atoms with Gasteiger partial charge >= 0.3 is 0 Å². The highest BCUT2D eigenvalue weighted by Crippen LogP contribution is 2.49. The average molecular weight is 495 g/mol. The Morgan fingerprint density at radius 2 is 2.03 bits per heavy atom. The molecule has 1 amide bonds. The second kappa shape index (κ2) is 8.57. The molecular formula is C28H28N5O2Si. The lowest BCUT2D eigenvalue weighted by Gasteiger charge is -2.39. The van der Waals surface area contributed by atoms with Crippen LogP contribution in [0.25, 0.3) is 22.2 Å². The van der Waals surface area contributed by atoms with Crippen molar-refractivity contribution in [3.05, 3.63) is 77.6 Å². The van der Waals surface area contributed by atoms with Crippen molar-refractivity contribution in [3.63, 3.8) is 0 Å². The van der Waals surface area contributed by atoms with Crippen LogP contribution in [-0.4, -0.2) is 49.2 Å². The molecular weight excluding hydrogens is 466 g/mol. The van der Waals surface area contributed by atoms with Crippen molar-refractivity contribution in [2.45, 2.75) is 36.9 Å². The zero-order valence-corrected chi connectivity index (χ0v) is 21.5. The Morgan fingerprint density at radius 3 is 2.72 bits per heavy atom. The number of rotatable bonds is 7. The summed E-state index contributed by atoms with van der Waals surface area (Å²) in [7, 11) is 5.64. The lowest BCUT2D eigenvalue weighted by Crippen LogP contribution is -2.61. The van der Waals surface area contributed by atoms with Crippen LogP contribution in [0, 0.1) is 6.92 Å². The van der Waals surface area contributed by atoms with E-state index in [1.165, 1.54) is 0 Å². The summed E-state index contributed by atoms with van der Waals surface area (Å²) in [5, 5.41) is 12.2. The number of benzene rings is 2. The lowest BCUT2D eigenvalue weighted by atomic mass is 9.95. The molecule has 2 fully saturated rings. The number of carbonyl (C=O) groups is 1. The van der Waals surface area contributed by atoms with Gasteiger partial charge in [-0.2, -0.15) is 5.10 Å². The largest absolute Gasteiger partial charge is 0.492 e. The van der Waals surface area contributed by atoms with Gasteiger partial charge in [0.05, 0.1) is 27.0 Å². The number of carbonyl (C=O) groups excluding carboxylic acids is 1. The van der Waals surface area contributed by atoms with E-state index >= 15 is 0 Å². The van der Waals surface area contributed by atoms with Gasteiger partial charge in [-0.1, -0.05) is 12.1 Å². The molecule has 1 saturated carbocycles. The highest BCUT2D eigenvalue weighted by Gasteiger charge is 2.47. The molecule has 1 saturated heterocycles. The number of hydrogen-bond acceptors (Lipinski definition) is 5. The van der Waals surface area contributed by atoms with E-state index in [0.717, 1.165) is 59.1 Å². The molecule has 181 valence electrons. The first-order chi connectivity index (χ1) is 17.3. The first-order valence-corrected chi connectivity index (χ1v) is 12.8. The van der Waals surface area contributed by atoms with E-state index in [4.69, 9.17) is 4.74 Å². The topological polar surface area (TPSA) is 81.1 Å². The van der Waals surface area contributed by atoms with Crippen molar-refractivity contribution in [3.8, 4) is 17.0 Å². The van der Waals surface area contributed by atoms with E-state index < -0.39 is 5.54 Å². The number of amides is 1. The second-order valence-electron chi connectivity index (χ2n) is 10.0. The summed E-state index contributed by atoms with van der Waals surface area (Å²) in [6, 6.07) is 16.0. The number of fused-ring (bicyclic) bond motifs is 1. The molecule has 3 radical (unpaired) electrons. The van der Waals surface area contributed by atoms with Gasteiger partial charge in [0.2, 0.25) is 0 Å². The van der Waals surface area contributed by atoms with Crippen LogP contribution in [0.3, 0.4) is 0 Å². The molecule has 1 atom stereocenters. The standard InChI is InChI=1S/C28H28N5O2Si/c1-18-5-6-20(35-17-28(36)10-12-30-28)16-22(18)26(34)31-27(8-9-27)23-14-19(24-7-13-33(2)32-24)15-25-21(23)4-3-11-29-25/h3-7,11,13-16,30H,8-10,12,17H2,1-2H3,(H,31,34). The Labute approximate surface area is 213 Å². The van der Waals surface area contributed by atoms with Crippen molar-refractivity contribution in [1.29, 1.82) is 0 Å². The maximum absolute atomic E-state index is 13.6. The van der Waals surface area contributed by atoms with Crippen LogP contribution in [-0.2, 0) is 12.6 Å². The van der Waals surface area contributed by atoms with Crippen molar-refractivity contribution < 1.29 is 9.53 Å². The summed E-state index contributed by atoms with van der Waals surface area (Å²) < 4.78 is 7.80. The van der Waals surface area contributed by atoms with Crippen LogP contribution in [0.15, 0.2) is 60.9 Å². The molecule has 1 aliphatic carbocycles. The number of nitrogens with one attached hydrogen (secondary N) is 2. The van der Waals surface area contributed by atoms with Gasteiger partial charge < -0.3 is 15.4 Å². The molecule has 2 aromatic carbocycles. The van der Waals surface area contributed by atoms with E-state index in [-0.39, 0.29) is 11.1 Å². The number of ether oxygens (including phenoxy) is 1. The molecule has 1 unspecified atom stereocenters. The predicted octanol–water partition coefficient (Wildman–Crippen LogP) is 3.60. The zero-order valence-electron chi connectivity index (χ0n) is 20.5. The molecule has 6 rings (SSSR count). The van der Waals surface area contributed by atoms with Gasteiger partial charge in [-0.05, 0) is 80.3 Å². The highest BCUT2D eigenvalue weighted by atomic mass is 28.1. The summed E-state index contributed by atoms with van der Waals surface area (Å²) in [6.07, 6.45) is 6.49. The van der Waals surface area contributed by atoms with Gasteiger partial charge in [-0.25, -0.2) is 0 Å². The third kappa shape index (κ3) is 4.20. The molecule has 0 spiro atoms. The maximum atomic E-state index is 13.6. The van der Waals surface area contributed by atoms with Crippen molar-refractivity contribution in [2.24, 2.45) is 7.05 Å². The van der Waals surface area contributed by atoms with E-state index in [1.54, 1.807) is 10.9 Å². The van der Waals surface area contributed by atoms with Crippen LogP contribution >= 0.6 is 0 Å². The fraction of sp³-hybridized carbons (Fsp3) is 0.321. The Morgan fingerprint density at radius 1 is 1.19 bits per heavy atom. The number of aromatic nitrogens is 3. The van der Waals surface area contributed by atoms with E-state index in [1.807, 2.05) is 50.5 Å². The molecule has 2 N–H and O–H groups in total. The Hall–Kier alpha value is -3.49. The third-order valence-corrected chi connectivity index (χ3v) is 7.87. The van der Waals surface area contributed by atoms with Crippen LogP contribution in [0.2, 0.25) is 0 Å². The van der Waals surface area contributed by atoms with Crippen molar-refractivity contribution in [1.82, 2.24) is 25.4 Å². The fourth-order valence-corrected chi connectivity index (χ4v) is 5.18. The van der Waals surface area contributed by atoms with Gasteiger partial charge in [0.1, 0.15) is 12.4 Å². The summed E-state index contributed by atoms with van der Waals surface area (Å²) in [4.78, 5) is 18.2. The molecule has 0 bridgehead atoms. The Bertz CT molecular complexity index is 1470. The molecule has 36 heavy (non-hydrogen) atoms. The quantitative estimate of drug-likeness (QED) is 0.384. The van der Waals surface area contributed by atoms with Gasteiger partial charge in [-0.15, -0.1) is 0 Å². The van der Waals surface area contributed by atoms with Gasteiger partial charge in [-0.3, -0.25) is 14.5 Å². The molecule has 2 aromatic heterocycles. The Kier molecular flexibility index (Phi) is 5.46.